The van der Waals surface area contributed by atoms with Gasteiger partial charge in [-0.3, -0.25) is 9.79 Å². The molecule has 1 amide bonds. The number of rotatable bonds is 4. The van der Waals surface area contributed by atoms with Gasteiger partial charge < -0.3 is 5.73 Å². The van der Waals surface area contributed by atoms with E-state index >= 15 is 0 Å². The summed E-state index contributed by atoms with van der Waals surface area (Å²) in [6.07, 6.45) is 2.83. The Labute approximate surface area is 55.0 Å². The average Bonchev–Trinajstić information content (AvgIpc) is 1.80. The molecule has 0 radical (unpaired) electrons. The first-order chi connectivity index (χ1) is 4.27. The van der Waals surface area contributed by atoms with Crippen LogP contribution in [0.15, 0.2) is 4.99 Å². The van der Waals surface area contributed by atoms with Crippen molar-refractivity contribution in [3.63, 3.8) is 0 Å². The molecule has 0 saturated carbocycles. The number of carbonyl (C=O) groups excluding carboxylic acids is 1. The smallest absolute Gasteiger partial charge is 0.222 e. The molecule has 3 nitrogen and oxygen atoms in total. The molecule has 52 valence electrons. The molecular weight excluding hydrogens is 116 g/mol. The summed E-state index contributed by atoms with van der Waals surface area (Å²) >= 11 is 0. The zero-order chi connectivity index (χ0) is 7.11. The number of hydrogen-bond donors (Lipinski definition) is 1. The van der Waals surface area contributed by atoms with E-state index in [1.807, 2.05) is 6.92 Å². The van der Waals surface area contributed by atoms with Gasteiger partial charge >= 0.3 is 0 Å². The molecule has 0 aliphatic rings. The maximum atomic E-state index is 10.1. The molecule has 0 aliphatic carbocycles. The van der Waals surface area contributed by atoms with Gasteiger partial charge in [0.1, 0.15) is 0 Å². The Morgan fingerprint density at radius 3 is 2.89 bits per heavy atom. The fourth-order valence-electron chi connectivity index (χ4n) is 0.375. The van der Waals surface area contributed by atoms with Crippen LogP contribution in [-0.2, 0) is 4.79 Å². The van der Waals surface area contributed by atoms with Gasteiger partial charge in [0.2, 0.25) is 5.91 Å². The molecule has 0 aromatic carbocycles. The molecule has 0 heterocycles. The van der Waals surface area contributed by atoms with Crippen LogP contribution in [0, 0.1) is 0 Å². The van der Waals surface area contributed by atoms with E-state index in [2.05, 4.69) is 4.99 Å². The van der Waals surface area contributed by atoms with Crippen molar-refractivity contribution in [2.75, 3.05) is 6.54 Å². The van der Waals surface area contributed by atoms with Gasteiger partial charge in [-0.15, -0.1) is 0 Å². The van der Waals surface area contributed by atoms with Crippen molar-refractivity contribution in [3.05, 3.63) is 0 Å². The summed E-state index contributed by atoms with van der Waals surface area (Å²) in [4.78, 5) is 14.0. The van der Waals surface area contributed by atoms with Crippen molar-refractivity contribution in [2.24, 2.45) is 10.7 Å². The summed E-state index contributed by atoms with van der Waals surface area (Å²) in [5, 5.41) is 0. The van der Waals surface area contributed by atoms with Gasteiger partial charge in [0, 0.05) is 12.8 Å². The van der Waals surface area contributed by atoms with Crippen molar-refractivity contribution in [3.8, 4) is 0 Å². The summed E-state index contributed by atoms with van der Waals surface area (Å²) in [5.41, 5.74) is 4.84. The van der Waals surface area contributed by atoms with E-state index in [4.69, 9.17) is 5.73 Å². The molecule has 0 rings (SSSR count). The van der Waals surface area contributed by atoms with Crippen molar-refractivity contribution >= 4 is 12.1 Å². The minimum atomic E-state index is -0.324. The van der Waals surface area contributed by atoms with Crippen LogP contribution < -0.4 is 5.73 Å². The Balaban J connectivity index is 3.14. The molecule has 0 spiro atoms. The van der Waals surface area contributed by atoms with E-state index in [9.17, 15) is 4.79 Å². The highest BCUT2D eigenvalue weighted by Gasteiger charge is 1.85. The van der Waals surface area contributed by atoms with E-state index in [1.165, 1.54) is 0 Å². The number of primary amides is 1. The van der Waals surface area contributed by atoms with E-state index in [0.717, 1.165) is 13.0 Å². The van der Waals surface area contributed by atoms with Gasteiger partial charge in [-0.1, -0.05) is 6.92 Å². The standard InChI is InChI=1S/C6H12N2O/c1-2-4-8-5-3-6(7)9/h5H,2-4H2,1H3,(H2,7,9). The first-order valence-electron chi connectivity index (χ1n) is 3.04. The average molecular weight is 128 g/mol. The van der Waals surface area contributed by atoms with Crippen LogP contribution in [-0.4, -0.2) is 18.7 Å². The summed E-state index contributed by atoms with van der Waals surface area (Å²) in [6.45, 7) is 2.81. The van der Waals surface area contributed by atoms with Crippen molar-refractivity contribution in [1.82, 2.24) is 0 Å². The van der Waals surface area contributed by atoms with Crippen LogP contribution in [0.25, 0.3) is 0 Å². The Bertz CT molecular complexity index is 110. The van der Waals surface area contributed by atoms with Gasteiger partial charge in [0.15, 0.2) is 0 Å². The minimum absolute atomic E-state index is 0.264. The second-order valence-electron chi connectivity index (χ2n) is 1.76. The lowest BCUT2D eigenvalue weighted by molar-refractivity contribution is -0.116. The SMILES string of the molecule is CCCN=CCC(N)=O. The molecule has 0 unspecified atom stereocenters. The molecular formula is C6H12N2O. The second kappa shape index (κ2) is 5.28. The van der Waals surface area contributed by atoms with Crippen LogP contribution in [0.3, 0.4) is 0 Å². The van der Waals surface area contributed by atoms with E-state index in [0.29, 0.717) is 0 Å². The number of carbonyl (C=O) groups is 1. The zero-order valence-electron chi connectivity index (χ0n) is 5.63. The van der Waals surface area contributed by atoms with E-state index in [-0.39, 0.29) is 12.3 Å². The fraction of sp³-hybridized carbons (Fsp3) is 0.667. The van der Waals surface area contributed by atoms with Crippen LogP contribution in [0.4, 0.5) is 0 Å². The molecule has 0 atom stereocenters. The van der Waals surface area contributed by atoms with Crippen LogP contribution in [0.2, 0.25) is 0 Å². The van der Waals surface area contributed by atoms with Crippen molar-refractivity contribution < 1.29 is 4.79 Å². The van der Waals surface area contributed by atoms with E-state index in [1.54, 1.807) is 6.21 Å². The van der Waals surface area contributed by atoms with Crippen LogP contribution >= 0.6 is 0 Å². The highest BCUT2D eigenvalue weighted by molar-refractivity contribution is 5.88. The van der Waals surface area contributed by atoms with Gasteiger partial charge in [0.25, 0.3) is 0 Å². The Hall–Kier alpha value is -0.860. The van der Waals surface area contributed by atoms with Crippen molar-refractivity contribution in [2.45, 2.75) is 19.8 Å². The normalized spacial score (nSPS) is 10.3. The minimum Gasteiger partial charge on any atom is -0.369 e. The lowest BCUT2D eigenvalue weighted by Gasteiger charge is -1.84. The largest absolute Gasteiger partial charge is 0.369 e. The topological polar surface area (TPSA) is 55.4 Å². The maximum Gasteiger partial charge on any atom is 0.222 e. The van der Waals surface area contributed by atoms with Gasteiger partial charge in [-0.2, -0.15) is 0 Å². The number of aliphatic imine (C=N–C) groups is 1. The Morgan fingerprint density at radius 2 is 2.44 bits per heavy atom. The molecule has 3 heteroatoms. The zero-order valence-corrected chi connectivity index (χ0v) is 5.63. The first-order valence-corrected chi connectivity index (χ1v) is 3.04. The predicted octanol–water partition coefficient (Wildman–Crippen LogP) is 0.343. The summed E-state index contributed by atoms with van der Waals surface area (Å²) in [6, 6.07) is 0. The van der Waals surface area contributed by atoms with Crippen LogP contribution in [0.5, 0.6) is 0 Å². The summed E-state index contributed by atoms with van der Waals surface area (Å²) in [7, 11) is 0. The second-order valence-corrected chi connectivity index (χ2v) is 1.76. The highest BCUT2D eigenvalue weighted by atomic mass is 16.1. The molecule has 0 aliphatic heterocycles. The molecule has 2 N–H and O–H groups in total. The maximum absolute atomic E-state index is 10.1. The third-order valence-electron chi connectivity index (χ3n) is 0.774. The third kappa shape index (κ3) is 7.14. The molecule has 9 heavy (non-hydrogen) atoms. The highest BCUT2D eigenvalue weighted by Crippen LogP contribution is 1.76. The summed E-state index contributed by atoms with van der Waals surface area (Å²) < 4.78 is 0. The van der Waals surface area contributed by atoms with Gasteiger partial charge in [-0.05, 0) is 6.42 Å². The monoisotopic (exact) mass is 128 g/mol. The Morgan fingerprint density at radius 1 is 1.78 bits per heavy atom. The molecule has 0 aromatic rings. The van der Waals surface area contributed by atoms with Gasteiger partial charge in [-0.25, -0.2) is 0 Å². The van der Waals surface area contributed by atoms with Crippen molar-refractivity contribution in [1.29, 1.82) is 0 Å². The number of nitrogens with two attached hydrogens (primary N) is 1. The Kier molecular flexibility index (Phi) is 4.78. The first kappa shape index (κ1) is 8.14. The number of nitrogens with zero attached hydrogens (tertiary/aromatic N) is 1. The predicted molar refractivity (Wildman–Crippen MR) is 37.5 cm³/mol. The quantitative estimate of drug-likeness (QED) is 0.545. The van der Waals surface area contributed by atoms with E-state index < -0.39 is 0 Å². The lowest BCUT2D eigenvalue weighted by atomic mass is 10.4. The fourth-order valence-corrected chi connectivity index (χ4v) is 0.375. The van der Waals surface area contributed by atoms with Gasteiger partial charge in [0.05, 0.1) is 6.42 Å². The molecule has 0 bridgehead atoms. The van der Waals surface area contributed by atoms with Crippen LogP contribution in [0.1, 0.15) is 19.8 Å². The number of amides is 1. The molecule has 0 aromatic heterocycles. The lowest BCUT2D eigenvalue weighted by Crippen LogP contribution is -2.10. The molecule has 0 saturated heterocycles. The third-order valence-corrected chi connectivity index (χ3v) is 0.774. The summed E-state index contributed by atoms with van der Waals surface area (Å²) in [5.74, 6) is -0.324. The number of hydrogen-bond acceptors (Lipinski definition) is 2. The molecule has 0 fully saturated rings.